The predicted octanol–water partition coefficient (Wildman–Crippen LogP) is 8.21. The number of fused-ring (bicyclic) bond motifs is 3. The minimum absolute atomic E-state index is 0.121. The maximum absolute atomic E-state index is 15.5. The summed E-state index contributed by atoms with van der Waals surface area (Å²) in [6, 6.07) is 10.6. The second-order valence-electron chi connectivity index (χ2n) is 13.0. The maximum atomic E-state index is 15.5. The van der Waals surface area contributed by atoms with Gasteiger partial charge in [0.15, 0.2) is 10.7 Å². The summed E-state index contributed by atoms with van der Waals surface area (Å²) in [5, 5.41) is 0. The Morgan fingerprint density at radius 3 is 2.59 bits per heavy atom. The first-order valence-electron chi connectivity index (χ1n) is 15.7. The number of alkyl halides is 1. The highest BCUT2D eigenvalue weighted by Gasteiger charge is 2.33. The Balaban J connectivity index is 1.12. The van der Waals surface area contributed by atoms with Crippen LogP contribution in [-0.2, 0) is 4.74 Å². The molecule has 0 spiro atoms. The lowest BCUT2D eigenvalue weighted by Crippen LogP contribution is -2.36. The molecule has 2 aliphatic rings. The molecule has 2 saturated heterocycles. The lowest BCUT2D eigenvalue weighted by molar-refractivity contribution is 0.0224. The molecule has 0 N–H and O–H groups in total. The Kier molecular flexibility index (Phi) is 8.75. The van der Waals surface area contributed by atoms with Gasteiger partial charge < -0.3 is 14.5 Å². The molecule has 0 bridgehead atoms. The fourth-order valence-electron chi connectivity index (χ4n) is 6.29. The highest BCUT2D eigenvalue weighted by atomic mass is 32.1. The molecule has 234 valence electrons. The molecule has 1 amide bonds. The van der Waals surface area contributed by atoms with E-state index in [0.717, 1.165) is 66.1 Å². The molecule has 44 heavy (non-hydrogen) atoms. The van der Waals surface area contributed by atoms with Gasteiger partial charge in [0.25, 0.3) is 0 Å². The van der Waals surface area contributed by atoms with Crippen LogP contribution in [0.4, 0.5) is 13.6 Å². The largest absolute Gasteiger partial charge is 0.444 e. The minimum atomic E-state index is -0.663. The van der Waals surface area contributed by atoms with Crippen LogP contribution in [-0.4, -0.2) is 69.0 Å². The topological polar surface area (TPSA) is 67.2 Å². The second kappa shape index (κ2) is 12.6. The number of piperidine rings is 1. The van der Waals surface area contributed by atoms with Crippen molar-refractivity contribution in [2.24, 2.45) is 0 Å². The molecule has 0 aliphatic carbocycles. The molecule has 0 unspecified atom stereocenters. The second-order valence-corrected chi connectivity index (χ2v) is 14.0. The first kappa shape index (κ1) is 30.6. The number of Topliss-reactive ketones (excluding diaryl/α,β-unsaturated/α-hetero) is 1. The molecule has 2 aromatic carbocycles. The molecule has 2 aliphatic heterocycles. The predicted molar refractivity (Wildman–Crippen MR) is 170 cm³/mol. The standard InChI is InChI=1S/C34H40F2N4O3S/c1-34(2,3)43-33(42)39-16-6-7-28(39)22-9-11-25(26(36)19-22)27-21-40-29-12-10-23(20-31(29)44-32(40)37-27)30(41)8-4-5-15-38-17-13-24(35)14-18-38/h9-12,19-21,24,28H,4-8,13-18H2,1-3H3/t28-/m0/s1. The van der Waals surface area contributed by atoms with Gasteiger partial charge in [0.05, 0.1) is 22.0 Å². The number of thiazole rings is 1. The number of likely N-dealkylation sites (tertiary alicyclic amines) is 2. The summed E-state index contributed by atoms with van der Waals surface area (Å²) in [4.78, 5) is 35.1. The van der Waals surface area contributed by atoms with Crippen LogP contribution in [0, 0.1) is 5.82 Å². The van der Waals surface area contributed by atoms with E-state index in [1.165, 1.54) is 17.4 Å². The van der Waals surface area contributed by atoms with Crippen LogP contribution >= 0.6 is 11.3 Å². The number of carbonyl (C=O) groups excluding carboxylic acids is 2. The normalized spacial score (nSPS) is 18.5. The molecule has 4 aromatic rings. The fraction of sp³-hybridized carbons (Fsp3) is 0.500. The van der Waals surface area contributed by atoms with Crippen molar-refractivity contribution >= 4 is 38.4 Å². The first-order valence-corrected chi connectivity index (χ1v) is 16.5. The van der Waals surface area contributed by atoms with Gasteiger partial charge in [-0.25, -0.2) is 18.6 Å². The lowest BCUT2D eigenvalue weighted by atomic mass is 10.0. The zero-order valence-electron chi connectivity index (χ0n) is 25.7. The molecule has 4 heterocycles. The summed E-state index contributed by atoms with van der Waals surface area (Å²) in [6.45, 7) is 8.63. The monoisotopic (exact) mass is 622 g/mol. The molecular formula is C34H40F2N4O3S. The zero-order valence-corrected chi connectivity index (χ0v) is 26.5. The van der Waals surface area contributed by atoms with Crippen LogP contribution in [0.15, 0.2) is 42.6 Å². The molecule has 2 fully saturated rings. The van der Waals surface area contributed by atoms with Crippen molar-refractivity contribution in [3.05, 3.63) is 59.5 Å². The van der Waals surface area contributed by atoms with Gasteiger partial charge in [0, 0.05) is 43.4 Å². The quantitative estimate of drug-likeness (QED) is 0.146. The number of unbranched alkanes of at least 4 members (excludes halogenated alkanes) is 1. The zero-order chi connectivity index (χ0) is 31.0. The van der Waals surface area contributed by atoms with E-state index in [1.807, 2.05) is 55.6 Å². The summed E-state index contributed by atoms with van der Waals surface area (Å²) < 4.78 is 37.3. The third kappa shape index (κ3) is 6.66. The third-order valence-electron chi connectivity index (χ3n) is 8.60. The number of nitrogens with zero attached hydrogens (tertiary/aromatic N) is 4. The van der Waals surface area contributed by atoms with Crippen molar-refractivity contribution in [3.63, 3.8) is 0 Å². The number of amides is 1. The number of hydrogen-bond acceptors (Lipinski definition) is 6. The van der Waals surface area contributed by atoms with Crippen molar-refractivity contribution < 1.29 is 23.1 Å². The summed E-state index contributed by atoms with van der Waals surface area (Å²) >= 11 is 1.48. The molecular weight excluding hydrogens is 582 g/mol. The van der Waals surface area contributed by atoms with Gasteiger partial charge in [-0.05, 0) is 102 Å². The summed E-state index contributed by atoms with van der Waals surface area (Å²) in [5.41, 5.74) is 2.71. The van der Waals surface area contributed by atoms with Gasteiger partial charge >= 0.3 is 6.09 Å². The van der Waals surface area contributed by atoms with Crippen molar-refractivity contribution in [3.8, 4) is 11.3 Å². The Hall–Kier alpha value is -3.37. The van der Waals surface area contributed by atoms with Gasteiger partial charge in [0.2, 0.25) is 0 Å². The maximum Gasteiger partial charge on any atom is 0.410 e. The smallest absolute Gasteiger partial charge is 0.410 e. The minimum Gasteiger partial charge on any atom is -0.444 e. The van der Waals surface area contributed by atoms with E-state index in [0.29, 0.717) is 42.6 Å². The number of carbonyl (C=O) groups is 2. The van der Waals surface area contributed by atoms with E-state index in [2.05, 4.69) is 4.90 Å². The van der Waals surface area contributed by atoms with Crippen LogP contribution in [0.3, 0.4) is 0 Å². The molecule has 2 aromatic heterocycles. The summed E-state index contributed by atoms with van der Waals surface area (Å²) in [6.07, 6.45) is 5.86. The van der Waals surface area contributed by atoms with Gasteiger partial charge in [0.1, 0.15) is 17.6 Å². The fourth-order valence-corrected chi connectivity index (χ4v) is 7.34. The van der Waals surface area contributed by atoms with E-state index in [-0.39, 0.29) is 23.7 Å². The van der Waals surface area contributed by atoms with Gasteiger partial charge in [-0.3, -0.25) is 9.20 Å². The SMILES string of the molecule is CC(C)(C)OC(=O)N1CCC[C@H]1c1ccc(-c2cn3c(n2)sc2cc(C(=O)CCCCN4CCC(F)CC4)ccc23)c(F)c1. The summed E-state index contributed by atoms with van der Waals surface area (Å²) in [7, 11) is 0. The molecule has 0 saturated carbocycles. The van der Waals surface area contributed by atoms with E-state index in [9.17, 15) is 14.0 Å². The van der Waals surface area contributed by atoms with Crippen LogP contribution in [0.1, 0.15) is 87.7 Å². The molecule has 7 nitrogen and oxygen atoms in total. The van der Waals surface area contributed by atoms with Gasteiger partial charge in [-0.1, -0.05) is 17.4 Å². The van der Waals surface area contributed by atoms with Crippen LogP contribution in [0.5, 0.6) is 0 Å². The molecule has 0 radical (unpaired) electrons. The third-order valence-corrected chi connectivity index (χ3v) is 9.61. The number of halogens is 2. The number of aromatic nitrogens is 2. The van der Waals surface area contributed by atoms with Crippen molar-refractivity contribution in [2.75, 3.05) is 26.2 Å². The molecule has 1 atom stereocenters. The molecule has 10 heteroatoms. The summed E-state index contributed by atoms with van der Waals surface area (Å²) in [5.74, 6) is -0.260. The van der Waals surface area contributed by atoms with Crippen LogP contribution < -0.4 is 0 Å². The van der Waals surface area contributed by atoms with Crippen molar-refractivity contribution in [1.29, 1.82) is 0 Å². The Morgan fingerprint density at radius 2 is 1.84 bits per heavy atom. The first-order chi connectivity index (χ1) is 21.1. The van der Waals surface area contributed by atoms with E-state index < -0.39 is 11.8 Å². The van der Waals surface area contributed by atoms with E-state index in [1.54, 1.807) is 11.0 Å². The van der Waals surface area contributed by atoms with Gasteiger partial charge in [-0.15, -0.1) is 0 Å². The number of hydrogen-bond donors (Lipinski definition) is 0. The highest BCUT2D eigenvalue weighted by molar-refractivity contribution is 7.23. The lowest BCUT2D eigenvalue weighted by Gasteiger charge is -2.29. The average Bonchev–Trinajstić information content (AvgIpc) is 3.70. The highest BCUT2D eigenvalue weighted by Crippen LogP contribution is 2.36. The number of rotatable bonds is 8. The van der Waals surface area contributed by atoms with Crippen LogP contribution in [0.2, 0.25) is 0 Å². The Labute approximate surface area is 260 Å². The van der Waals surface area contributed by atoms with E-state index >= 15 is 4.39 Å². The number of benzene rings is 2. The van der Waals surface area contributed by atoms with Crippen molar-refractivity contribution in [1.82, 2.24) is 19.2 Å². The Morgan fingerprint density at radius 1 is 1.05 bits per heavy atom. The molecule has 6 rings (SSSR count). The van der Waals surface area contributed by atoms with Gasteiger partial charge in [-0.2, -0.15) is 0 Å². The van der Waals surface area contributed by atoms with E-state index in [4.69, 9.17) is 9.72 Å². The number of ketones is 1. The Bertz CT molecular complexity index is 1670. The number of ether oxygens (including phenoxy) is 1. The van der Waals surface area contributed by atoms with Crippen molar-refractivity contribution in [2.45, 2.75) is 83.5 Å². The van der Waals surface area contributed by atoms with Crippen LogP contribution in [0.25, 0.3) is 26.4 Å². The number of imidazole rings is 1. The average molecular weight is 623 g/mol.